The van der Waals surface area contributed by atoms with E-state index in [1.54, 1.807) is 59.7 Å². The molecule has 2 aliphatic rings. The van der Waals surface area contributed by atoms with Gasteiger partial charge in [-0.15, -0.1) is 0 Å². The second-order valence-corrected chi connectivity index (χ2v) is 18.1. The summed E-state index contributed by atoms with van der Waals surface area (Å²) >= 11 is 9.76. The number of hydrogen-bond donors (Lipinski definition) is 3. The quantitative estimate of drug-likeness (QED) is 0.0846. The summed E-state index contributed by atoms with van der Waals surface area (Å²) in [5.41, 5.74) is 12.0. The molecule has 0 radical (unpaired) electrons. The van der Waals surface area contributed by atoms with Crippen LogP contribution in [-0.2, 0) is 51.2 Å². The van der Waals surface area contributed by atoms with Gasteiger partial charge in [0.2, 0.25) is 11.8 Å². The van der Waals surface area contributed by atoms with Gasteiger partial charge in [0.1, 0.15) is 41.4 Å². The fraction of sp³-hybridized carbons (Fsp3) is 0.571. The lowest BCUT2D eigenvalue weighted by Crippen LogP contribution is -2.45. The van der Waals surface area contributed by atoms with Crippen molar-refractivity contribution < 1.29 is 57.6 Å². The van der Waals surface area contributed by atoms with E-state index in [-0.39, 0.29) is 56.3 Å². The topological polar surface area (TPSA) is 227 Å². The van der Waals surface area contributed by atoms with Gasteiger partial charge in [0.25, 0.3) is 11.8 Å². The number of phenols is 1. The fourth-order valence-corrected chi connectivity index (χ4v) is 6.71. The Bertz CT molecular complexity index is 1800. The molecule has 340 valence electrons. The number of rotatable bonds is 20. The van der Waals surface area contributed by atoms with Gasteiger partial charge in [0.15, 0.2) is 0 Å². The van der Waals surface area contributed by atoms with Crippen molar-refractivity contribution in [2.24, 2.45) is 11.5 Å². The number of phenolic OH excluding ortho intramolecular Hbond substituents is 1. The zero-order valence-electron chi connectivity index (χ0n) is 35.6. The van der Waals surface area contributed by atoms with Gasteiger partial charge in [-0.3, -0.25) is 28.8 Å². The van der Waals surface area contributed by atoms with Crippen molar-refractivity contribution in [1.29, 1.82) is 0 Å². The van der Waals surface area contributed by atoms with Crippen LogP contribution in [-0.4, -0.2) is 123 Å². The molecule has 0 aromatic heterocycles. The number of esters is 2. The lowest BCUT2D eigenvalue weighted by molar-refractivity contribution is -0.156. The van der Waals surface area contributed by atoms with Gasteiger partial charge < -0.3 is 50.1 Å². The van der Waals surface area contributed by atoms with Crippen LogP contribution in [0.3, 0.4) is 0 Å². The first-order valence-electron chi connectivity index (χ1n) is 19.7. The molecular formula is C42H59Br3N4O12. The summed E-state index contributed by atoms with van der Waals surface area (Å²) < 4.78 is 26.5. The van der Waals surface area contributed by atoms with Gasteiger partial charge in [-0.1, -0.05) is 47.8 Å². The van der Waals surface area contributed by atoms with Crippen LogP contribution in [0.1, 0.15) is 99.1 Å². The van der Waals surface area contributed by atoms with Crippen LogP contribution >= 0.6 is 47.8 Å². The van der Waals surface area contributed by atoms with Crippen LogP contribution in [0.2, 0.25) is 0 Å². The van der Waals surface area contributed by atoms with Crippen LogP contribution in [0.4, 0.5) is 0 Å². The zero-order valence-corrected chi connectivity index (χ0v) is 40.4. The third kappa shape index (κ3) is 19.0. The van der Waals surface area contributed by atoms with Gasteiger partial charge in [0.05, 0.1) is 26.4 Å². The van der Waals surface area contributed by atoms with Gasteiger partial charge in [-0.05, 0) is 102 Å². The summed E-state index contributed by atoms with van der Waals surface area (Å²) in [6.07, 6.45) is 0.179. The standard InChI is InChI=1S/C21H29BrN2O6.C17H22N2O5.C4H8Br2O/c1-21(2,3)30-18(25)7-6-17(19(23)26)24-13-14-12-15(4-5-16(14)20(24)27)29-11-10-28-9-8-22;1-17(2,3)24-14(21)7-6-13(15(18)22)19-9-10-8-11(20)4-5-12(10)16(19)23;5-1-3-7-4-2-6/h4-5,12,17H,6-11,13H2,1-3H3,(H2,23,26);4-5,8,13,20H,6-7,9H2,1-3H3,(H2,18,22);1-4H2. The van der Waals surface area contributed by atoms with Crippen molar-refractivity contribution in [1.82, 2.24) is 9.80 Å². The van der Waals surface area contributed by atoms with Crippen LogP contribution < -0.4 is 16.2 Å². The van der Waals surface area contributed by atoms with E-state index in [9.17, 15) is 33.9 Å². The van der Waals surface area contributed by atoms with Crippen LogP contribution in [0, 0.1) is 0 Å². The summed E-state index contributed by atoms with van der Waals surface area (Å²) in [6, 6.07) is 7.80. The maximum atomic E-state index is 12.8. The number of alkyl halides is 3. The van der Waals surface area contributed by atoms with Crippen molar-refractivity contribution in [2.75, 3.05) is 49.0 Å². The maximum Gasteiger partial charge on any atom is 0.306 e. The third-order valence-corrected chi connectivity index (χ3v) is 9.45. The van der Waals surface area contributed by atoms with Crippen molar-refractivity contribution >= 4 is 83.4 Å². The first-order valence-corrected chi connectivity index (χ1v) is 23.0. The highest BCUT2D eigenvalue weighted by Gasteiger charge is 2.37. The Balaban J connectivity index is 0.000000369. The van der Waals surface area contributed by atoms with E-state index in [0.29, 0.717) is 42.3 Å². The Morgan fingerprint density at radius 2 is 1.07 bits per heavy atom. The monoisotopic (exact) mass is 1050 g/mol. The fourth-order valence-electron chi connectivity index (χ4n) is 6.03. The molecule has 2 heterocycles. The highest BCUT2D eigenvalue weighted by molar-refractivity contribution is 9.09. The lowest BCUT2D eigenvalue weighted by Gasteiger charge is -2.25. The molecule has 0 saturated carbocycles. The molecule has 61 heavy (non-hydrogen) atoms. The van der Waals surface area contributed by atoms with Crippen LogP contribution in [0.25, 0.3) is 0 Å². The molecule has 2 aromatic carbocycles. The first kappa shape index (κ1) is 53.4. The van der Waals surface area contributed by atoms with E-state index in [1.165, 1.54) is 28.0 Å². The average Bonchev–Trinajstić information content (AvgIpc) is 3.65. The Morgan fingerprint density at radius 3 is 1.48 bits per heavy atom. The molecule has 5 N–H and O–H groups in total. The number of ether oxygens (including phenoxy) is 5. The normalized spacial score (nSPS) is 14.1. The Labute approximate surface area is 383 Å². The van der Waals surface area contributed by atoms with Gasteiger partial charge >= 0.3 is 11.9 Å². The van der Waals surface area contributed by atoms with Gasteiger partial charge in [0, 0.05) is 53.0 Å². The summed E-state index contributed by atoms with van der Waals surface area (Å²) in [6.45, 7) is 14.0. The zero-order chi connectivity index (χ0) is 45.9. The molecule has 19 heteroatoms. The first-order chi connectivity index (χ1) is 28.6. The predicted octanol–water partition coefficient (Wildman–Crippen LogP) is 5.53. The number of primary amides is 2. The van der Waals surface area contributed by atoms with Crippen LogP contribution in [0.15, 0.2) is 36.4 Å². The Kier molecular flexibility index (Phi) is 22.7. The Morgan fingerprint density at radius 1 is 0.656 bits per heavy atom. The van der Waals surface area contributed by atoms with E-state index in [1.807, 2.05) is 0 Å². The lowest BCUT2D eigenvalue weighted by atomic mass is 10.1. The number of aromatic hydroxyl groups is 1. The molecular weight excluding hydrogens is 992 g/mol. The SMILES string of the molecule is BrCCOCCBr.CC(C)(C)OC(=O)CCC(C(N)=O)N1Cc2cc(O)ccc2C1=O.CC(C)(C)OC(=O)CCC(C(N)=O)N1Cc2cc(OCCOCCBr)ccc2C1=O. The number of carbonyl (C=O) groups excluding carboxylic acids is 6. The van der Waals surface area contributed by atoms with Crippen LogP contribution in [0.5, 0.6) is 11.5 Å². The number of hydrogen-bond acceptors (Lipinski definition) is 12. The van der Waals surface area contributed by atoms with E-state index in [2.05, 4.69) is 47.8 Å². The van der Waals surface area contributed by atoms with E-state index in [4.69, 9.17) is 35.2 Å². The second kappa shape index (κ2) is 26.0. The minimum absolute atomic E-state index is 0.00619. The third-order valence-electron chi connectivity index (χ3n) is 8.48. The summed E-state index contributed by atoms with van der Waals surface area (Å²) in [4.78, 5) is 75.6. The highest BCUT2D eigenvalue weighted by atomic mass is 79.9. The van der Waals surface area contributed by atoms with E-state index < -0.39 is 47.0 Å². The number of carbonyl (C=O) groups is 6. The minimum atomic E-state index is -0.903. The van der Waals surface area contributed by atoms with Crippen molar-refractivity contribution in [2.45, 2.75) is 104 Å². The Hall–Kier alpha value is -3.78. The van der Waals surface area contributed by atoms with Crippen molar-refractivity contribution in [3.63, 3.8) is 0 Å². The number of benzene rings is 2. The smallest absolute Gasteiger partial charge is 0.306 e. The molecule has 2 aromatic rings. The average molecular weight is 1050 g/mol. The molecule has 2 unspecified atom stereocenters. The predicted molar refractivity (Wildman–Crippen MR) is 239 cm³/mol. The molecule has 0 bridgehead atoms. The summed E-state index contributed by atoms with van der Waals surface area (Å²) in [5, 5.41) is 12.1. The molecule has 0 saturated heterocycles. The van der Waals surface area contributed by atoms with E-state index in [0.717, 1.165) is 34.8 Å². The number of nitrogens with zero attached hydrogens (tertiary/aromatic N) is 2. The molecule has 4 amide bonds. The molecule has 0 fully saturated rings. The molecule has 0 aliphatic carbocycles. The van der Waals surface area contributed by atoms with Crippen molar-refractivity contribution in [3.05, 3.63) is 58.7 Å². The number of fused-ring (bicyclic) bond motifs is 2. The highest BCUT2D eigenvalue weighted by Crippen LogP contribution is 2.31. The molecule has 2 atom stereocenters. The summed E-state index contributed by atoms with van der Waals surface area (Å²) in [5.74, 6) is -2.17. The largest absolute Gasteiger partial charge is 0.508 e. The number of amides is 4. The minimum Gasteiger partial charge on any atom is -0.508 e. The van der Waals surface area contributed by atoms with Crippen molar-refractivity contribution in [3.8, 4) is 11.5 Å². The van der Waals surface area contributed by atoms with Gasteiger partial charge in [-0.25, -0.2) is 0 Å². The maximum absolute atomic E-state index is 12.8. The molecule has 4 rings (SSSR count). The number of nitrogens with two attached hydrogens (primary N) is 2. The number of halogens is 3. The van der Waals surface area contributed by atoms with E-state index >= 15 is 0 Å². The molecule has 0 spiro atoms. The molecule has 2 aliphatic heterocycles. The summed E-state index contributed by atoms with van der Waals surface area (Å²) in [7, 11) is 0. The van der Waals surface area contributed by atoms with Gasteiger partial charge in [-0.2, -0.15) is 0 Å². The second-order valence-electron chi connectivity index (χ2n) is 15.8. The molecule has 16 nitrogen and oxygen atoms in total.